The van der Waals surface area contributed by atoms with E-state index < -0.39 is 12.7 Å². The predicted octanol–water partition coefficient (Wildman–Crippen LogP) is 1.87. The monoisotopic (exact) mass is 350 g/mol. The number of likely N-dealkylation sites (tertiary alicyclic amines) is 1. The van der Waals surface area contributed by atoms with Gasteiger partial charge in [-0.2, -0.15) is 13.2 Å². The molecule has 0 radical (unpaired) electrons. The fraction of sp³-hybridized carbons (Fsp3) is 1.00. The fourth-order valence-electron chi connectivity index (χ4n) is 3.78. The Kier molecular flexibility index (Phi) is 7.34. The Balaban J connectivity index is 1.73. The summed E-state index contributed by atoms with van der Waals surface area (Å²) in [4.78, 5) is 6.45. The van der Waals surface area contributed by atoms with Gasteiger partial charge < -0.3 is 10.2 Å². The van der Waals surface area contributed by atoms with Crippen molar-refractivity contribution in [2.24, 2.45) is 5.92 Å². The zero-order valence-electron chi connectivity index (χ0n) is 15.3. The highest BCUT2D eigenvalue weighted by atomic mass is 19.4. The number of nitrogens with one attached hydrogen (secondary N) is 1. The van der Waals surface area contributed by atoms with Crippen LogP contribution in [0.2, 0.25) is 0 Å². The van der Waals surface area contributed by atoms with E-state index in [4.69, 9.17) is 0 Å². The predicted molar refractivity (Wildman–Crippen MR) is 91.2 cm³/mol. The first-order valence-corrected chi connectivity index (χ1v) is 9.19. The molecule has 0 bridgehead atoms. The van der Waals surface area contributed by atoms with Crippen LogP contribution in [0.15, 0.2) is 0 Å². The Bertz CT molecular complexity index is 359. The summed E-state index contributed by atoms with van der Waals surface area (Å²) in [7, 11) is 2.16. The van der Waals surface area contributed by atoms with Gasteiger partial charge in [0.05, 0.1) is 6.54 Å². The van der Waals surface area contributed by atoms with E-state index in [2.05, 4.69) is 36.0 Å². The van der Waals surface area contributed by atoms with E-state index in [1.807, 2.05) is 0 Å². The van der Waals surface area contributed by atoms with E-state index in [0.717, 1.165) is 45.6 Å². The van der Waals surface area contributed by atoms with Gasteiger partial charge in [0.2, 0.25) is 0 Å². The molecular formula is C17H33F3N4. The molecule has 2 fully saturated rings. The Labute approximate surface area is 144 Å². The number of likely N-dealkylation sites (N-methyl/N-ethyl adjacent to an activating group) is 1. The summed E-state index contributed by atoms with van der Waals surface area (Å²) < 4.78 is 37.3. The second kappa shape index (κ2) is 8.83. The van der Waals surface area contributed by atoms with Crippen molar-refractivity contribution in [1.82, 2.24) is 20.0 Å². The first-order chi connectivity index (χ1) is 11.2. The second-order valence-corrected chi connectivity index (χ2v) is 7.72. The molecule has 0 spiro atoms. The maximum Gasteiger partial charge on any atom is 0.401 e. The summed E-state index contributed by atoms with van der Waals surface area (Å²) in [6.07, 6.45) is -2.46. The van der Waals surface area contributed by atoms with Crippen molar-refractivity contribution in [3.8, 4) is 0 Å². The summed E-state index contributed by atoms with van der Waals surface area (Å²) >= 11 is 0. The molecule has 2 aliphatic heterocycles. The van der Waals surface area contributed by atoms with Gasteiger partial charge in [-0.3, -0.25) is 9.80 Å². The molecule has 2 saturated heterocycles. The van der Waals surface area contributed by atoms with Crippen LogP contribution in [0, 0.1) is 5.92 Å². The molecule has 2 aliphatic rings. The summed E-state index contributed by atoms with van der Waals surface area (Å²) in [5.74, 6) is 0.575. The number of halogens is 3. The van der Waals surface area contributed by atoms with Crippen molar-refractivity contribution >= 4 is 0 Å². The van der Waals surface area contributed by atoms with Crippen molar-refractivity contribution in [3.05, 3.63) is 0 Å². The number of rotatable bonds is 6. The third-order valence-corrected chi connectivity index (χ3v) is 5.38. The largest absolute Gasteiger partial charge is 0.401 e. The second-order valence-electron chi connectivity index (χ2n) is 7.72. The Morgan fingerprint density at radius 1 is 1.00 bits per heavy atom. The van der Waals surface area contributed by atoms with Crippen LogP contribution in [0.1, 0.15) is 26.7 Å². The average Bonchev–Trinajstić information content (AvgIpc) is 2.49. The van der Waals surface area contributed by atoms with Gasteiger partial charge >= 0.3 is 6.18 Å². The molecule has 0 amide bonds. The molecule has 0 aromatic carbocycles. The lowest BCUT2D eigenvalue weighted by molar-refractivity contribution is -0.148. The fourth-order valence-corrected chi connectivity index (χ4v) is 3.78. The SMILES string of the molecule is CC(C)C(CNC1CCN(CC(F)(F)F)CC1)N1CCN(C)CC1. The van der Waals surface area contributed by atoms with Gasteiger partial charge in [-0.25, -0.2) is 0 Å². The van der Waals surface area contributed by atoms with Crippen LogP contribution in [0.5, 0.6) is 0 Å². The molecule has 7 heteroatoms. The minimum atomic E-state index is -4.08. The highest BCUT2D eigenvalue weighted by Gasteiger charge is 2.33. The van der Waals surface area contributed by atoms with Crippen molar-refractivity contribution in [1.29, 1.82) is 0 Å². The summed E-state index contributed by atoms with van der Waals surface area (Å²) in [5.41, 5.74) is 0. The minimum absolute atomic E-state index is 0.350. The standard InChI is InChI=1S/C17H33F3N4/c1-14(2)16(24-10-8-22(3)9-11-24)12-21-15-4-6-23(7-5-15)13-17(18,19)20/h14-16,21H,4-13H2,1-3H3. The molecule has 142 valence electrons. The van der Waals surface area contributed by atoms with Gasteiger partial charge in [-0.05, 0) is 38.9 Å². The van der Waals surface area contributed by atoms with Gasteiger partial charge in [-0.1, -0.05) is 13.8 Å². The van der Waals surface area contributed by atoms with Crippen molar-refractivity contribution < 1.29 is 13.2 Å². The van der Waals surface area contributed by atoms with E-state index in [9.17, 15) is 13.2 Å². The highest BCUT2D eigenvalue weighted by Crippen LogP contribution is 2.20. The summed E-state index contributed by atoms with van der Waals surface area (Å²) in [5, 5.41) is 3.63. The van der Waals surface area contributed by atoms with Crippen molar-refractivity contribution in [3.63, 3.8) is 0 Å². The smallest absolute Gasteiger partial charge is 0.312 e. The molecule has 1 unspecified atom stereocenters. The molecule has 2 heterocycles. The zero-order chi connectivity index (χ0) is 17.7. The van der Waals surface area contributed by atoms with Gasteiger partial charge in [0, 0.05) is 44.8 Å². The number of hydrogen-bond acceptors (Lipinski definition) is 4. The van der Waals surface area contributed by atoms with Gasteiger partial charge in [-0.15, -0.1) is 0 Å². The minimum Gasteiger partial charge on any atom is -0.312 e. The van der Waals surface area contributed by atoms with E-state index in [-0.39, 0.29) is 0 Å². The maximum atomic E-state index is 12.4. The first kappa shape index (κ1) is 19.9. The van der Waals surface area contributed by atoms with Crippen LogP contribution in [0.4, 0.5) is 13.2 Å². The lowest BCUT2D eigenvalue weighted by Gasteiger charge is -2.41. The quantitative estimate of drug-likeness (QED) is 0.789. The number of alkyl halides is 3. The van der Waals surface area contributed by atoms with E-state index in [1.165, 1.54) is 4.90 Å². The normalized spacial score (nSPS) is 24.6. The van der Waals surface area contributed by atoms with Crippen LogP contribution in [-0.2, 0) is 0 Å². The van der Waals surface area contributed by atoms with E-state index in [1.54, 1.807) is 0 Å². The number of piperazine rings is 1. The molecule has 24 heavy (non-hydrogen) atoms. The molecule has 0 aromatic rings. The third-order valence-electron chi connectivity index (χ3n) is 5.38. The zero-order valence-corrected chi connectivity index (χ0v) is 15.3. The van der Waals surface area contributed by atoms with Crippen molar-refractivity contribution in [2.75, 3.05) is 59.4 Å². The van der Waals surface area contributed by atoms with Gasteiger partial charge in [0.15, 0.2) is 0 Å². The van der Waals surface area contributed by atoms with E-state index >= 15 is 0 Å². The first-order valence-electron chi connectivity index (χ1n) is 9.19. The number of hydrogen-bond donors (Lipinski definition) is 1. The van der Waals surface area contributed by atoms with Crippen LogP contribution in [-0.4, -0.2) is 92.4 Å². The highest BCUT2D eigenvalue weighted by molar-refractivity contribution is 4.85. The Morgan fingerprint density at radius 2 is 1.58 bits per heavy atom. The molecular weight excluding hydrogens is 317 g/mol. The molecule has 0 aliphatic carbocycles. The number of nitrogens with zero attached hydrogens (tertiary/aromatic N) is 3. The van der Waals surface area contributed by atoms with Crippen LogP contribution >= 0.6 is 0 Å². The Hall–Kier alpha value is -0.370. The lowest BCUT2D eigenvalue weighted by Crippen LogP contribution is -2.55. The maximum absolute atomic E-state index is 12.4. The van der Waals surface area contributed by atoms with Gasteiger partial charge in [0.25, 0.3) is 0 Å². The molecule has 0 saturated carbocycles. The number of piperidine rings is 1. The molecule has 0 aromatic heterocycles. The average molecular weight is 350 g/mol. The topological polar surface area (TPSA) is 21.8 Å². The van der Waals surface area contributed by atoms with Gasteiger partial charge in [0.1, 0.15) is 0 Å². The van der Waals surface area contributed by atoms with Crippen LogP contribution in [0.25, 0.3) is 0 Å². The van der Waals surface area contributed by atoms with Crippen LogP contribution < -0.4 is 5.32 Å². The third kappa shape index (κ3) is 6.50. The summed E-state index contributed by atoms with van der Waals surface area (Å²) in [6.45, 7) is 10.2. The molecule has 4 nitrogen and oxygen atoms in total. The molecule has 2 rings (SSSR count). The lowest BCUT2D eigenvalue weighted by atomic mass is 9.99. The van der Waals surface area contributed by atoms with Crippen molar-refractivity contribution in [2.45, 2.75) is 44.9 Å². The van der Waals surface area contributed by atoms with Crippen LogP contribution in [0.3, 0.4) is 0 Å². The molecule has 1 atom stereocenters. The molecule has 1 N–H and O–H groups in total. The summed E-state index contributed by atoms with van der Waals surface area (Å²) in [6, 6.07) is 0.857. The van der Waals surface area contributed by atoms with E-state index in [0.29, 0.717) is 31.1 Å². The Morgan fingerprint density at radius 3 is 2.08 bits per heavy atom.